The van der Waals surface area contributed by atoms with Crippen LogP contribution in [0.1, 0.15) is 6.92 Å². The molecule has 0 radical (unpaired) electrons. The smallest absolute Gasteiger partial charge is 0.414 e. The lowest BCUT2D eigenvalue weighted by atomic mass is 10.3. The highest BCUT2D eigenvalue weighted by Gasteiger charge is 2.18. The van der Waals surface area contributed by atoms with Gasteiger partial charge in [-0.25, -0.2) is 9.59 Å². The lowest BCUT2D eigenvalue weighted by molar-refractivity contribution is -0.159. The molecule has 2 rings (SSSR count). The second kappa shape index (κ2) is 10.7. The van der Waals surface area contributed by atoms with Crippen molar-refractivity contribution in [3.8, 4) is 5.75 Å². The van der Waals surface area contributed by atoms with Gasteiger partial charge in [-0.3, -0.25) is 4.90 Å². The summed E-state index contributed by atoms with van der Waals surface area (Å²) in [6.45, 7) is 7.64. The van der Waals surface area contributed by atoms with Crippen LogP contribution in [0, 0.1) is 0 Å². The van der Waals surface area contributed by atoms with E-state index >= 15 is 0 Å². The van der Waals surface area contributed by atoms with Gasteiger partial charge < -0.3 is 19.8 Å². The SMILES string of the molecule is CC(CN1CCN(C)CC1)Oc1c(Br)cccc1Br.O=C(O)C(=O)O. The summed E-state index contributed by atoms with van der Waals surface area (Å²) < 4.78 is 8.04. The van der Waals surface area contributed by atoms with E-state index in [9.17, 15) is 0 Å². The van der Waals surface area contributed by atoms with Gasteiger partial charge >= 0.3 is 11.9 Å². The lowest BCUT2D eigenvalue weighted by Gasteiger charge is -2.34. The van der Waals surface area contributed by atoms with E-state index in [0.717, 1.165) is 47.4 Å². The maximum atomic E-state index is 9.10. The van der Waals surface area contributed by atoms with Crippen LogP contribution in [0.15, 0.2) is 27.1 Å². The third-order valence-corrected chi connectivity index (χ3v) is 4.78. The Morgan fingerprint density at radius 2 is 1.60 bits per heavy atom. The highest BCUT2D eigenvalue weighted by Crippen LogP contribution is 2.33. The molecular weight excluding hydrogens is 460 g/mol. The van der Waals surface area contributed by atoms with Crippen molar-refractivity contribution in [2.24, 2.45) is 0 Å². The molecule has 140 valence electrons. The molecule has 0 bridgehead atoms. The molecule has 0 aromatic heterocycles. The summed E-state index contributed by atoms with van der Waals surface area (Å²) in [5, 5.41) is 14.8. The zero-order valence-electron chi connectivity index (χ0n) is 14.1. The molecule has 1 aliphatic heterocycles. The van der Waals surface area contributed by atoms with Crippen LogP contribution in [-0.4, -0.2) is 77.8 Å². The summed E-state index contributed by atoms with van der Waals surface area (Å²) >= 11 is 7.07. The van der Waals surface area contributed by atoms with Gasteiger partial charge in [0.25, 0.3) is 0 Å². The minimum atomic E-state index is -1.82. The number of piperazine rings is 1. The molecule has 0 saturated carbocycles. The van der Waals surface area contributed by atoms with Crippen molar-refractivity contribution in [2.45, 2.75) is 13.0 Å². The standard InChI is InChI=1S/C14H20Br2N2O.C2H2O4/c1-11(10-18-8-6-17(2)7-9-18)19-14-12(15)4-3-5-13(14)16;3-1(4)2(5)6/h3-5,11H,6-10H2,1-2H3;(H,3,4)(H,5,6). The van der Waals surface area contributed by atoms with E-state index in [1.807, 2.05) is 18.2 Å². The van der Waals surface area contributed by atoms with Crippen molar-refractivity contribution >= 4 is 43.8 Å². The van der Waals surface area contributed by atoms with Crippen molar-refractivity contribution in [1.82, 2.24) is 9.80 Å². The topological polar surface area (TPSA) is 90.3 Å². The molecule has 1 fully saturated rings. The molecule has 1 unspecified atom stereocenters. The first-order chi connectivity index (χ1) is 11.7. The summed E-state index contributed by atoms with van der Waals surface area (Å²) in [6.07, 6.45) is 0.179. The third kappa shape index (κ3) is 8.17. The van der Waals surface area contributed by atoms with Gasteiger partial charge in [-0.2, -0.15) is 0 Å². The predicted molar refractivity (Wildman–Crippen MR) is 101 cm³/mol. The number of carbonyl (C=O) groups is 2. The van der Waals surface area contributed by atoms with Crippen molar-refractivity contribution in [3.63, 3.8) is 0 Å². The molecule has 1 aromatic rings. The van der Waals surface area contributed by atoms with E-state index in [0.29, 0.717) is 0 Å². The Hall–Kier alpha value is -1.16. The largest absolute Gasteiger partial charge is 0.487 e. The Morgan fingerprint density at radius 1 is 1.12 bits per heavy atom. The van der Waals surface area contributed by atoms with Gasteiger partial charge in [0, 0.05) is 32.7 Å². The summed E-state index contributed by atoms with van der Waals surface area (Å²) in [5.41, 5.74) is 0. The number of halogens is 2. The highest BCUT2D eigenvalue weighted by molar-refractivity contribution is 9.11. The minimum Gasteiger partial charge on any atom is -0.487 e. The fourth-order valence-corrected chi connectivity index (χ4v) is 3.41. The number of carboxylic acid groups (broad SMARTS) is 2. The molecule has 1 saturated heterocycles. The maximum absolute atomic E-state index is 9.10. The van der Waals surface area contributed by atoms with Crippen LogP contribution in [0.4, 0.5) is 0 Å². The van der Waals surface area contributed by atoms with Crippen molar-refractivity contribution in [2.75, 3.05) is 39.8 Å². The number of likely N-dealkylation sites (N-methyl/N-ethyl adjacent to an activating group) is 1. The number of nitrogens with zero attached hydrogens (tertiary/aromatic N) is 2. The van der Waals surface area contributed by atoms with Crippen molar-refractivity contribution < 1.29 is 24.5 Å². The molecule has 9 heteroatoms. The first kappa shape index (κ1) is 21.9. The van der Waals surface area contributed by atoms with E-state index in [1.54, 1.807) is 0 Å². The maximum Gasteiger partial charge on any atom is 0.414 e. The number of aliphatic carboxylic acids is 2. The molecular formula is C16H22Br2N2O5. The lowest BCUT2D eigenvalue weighted by Crippen LogP contribution is -2.47. The zero-order chi connectivity index (χ0) is 19.0. The second-order valence-corrected chi connectivity index (χ2v) is 7.40. The van der Waals surface area contributed by atoms with E-state index in [2.05, 4.69) is 55.6 Å². The highest BCUT2D eigenvalue weighted by atomic mass is 79.9. The van der Waals surface area contributed by atoms with Gasteiger partial charge in [0.1, 0.15) is 11.9 Å². The summed E-state index contributed by atoms with van der Waals surface area (Å²) in [6, 6.07) is 6.00. The van der Waals surface area contributed by atoms with Crippen LogP contribution in [0.25, 0.3) is 0 Å². The van der Waals surface area contributed by atoms with Gasteiger partial charge in [0.05, 0.1) is 8.95 Å². The molecule has 1 aromatic carbocycles. The number of hydrogen-bond acceptors (Lipinski definition) is 5. The summed E-state index contributed by atoms with van der Waals surface area (Å²) in [5.74, 6) is -2.76. The second-order valence-electron chi connectivity index (χ2n) is 5.69. The molecule has 2 N–H and O–H groups in total. The normalized spacial score (nSPS) is 16.5. The Balaban J connectivity index is 0.000000450. The number of para-hydroxylation sites is 1. The quantitative estimate of drug-likeness (QED) is 0.638. The number of rotatable bonds is 4. The molecule has 1 heterocycles. The Labute approximate surface area is 163 Å². The number of ether oxygens (including phenoxy) is 1. The summed E-state index contributed by atoms with van der Waals surface area (Å²) in [4.78, 5) is 23.0. The van der Waals surface area contributed by atoms with E-state index in [-0.39, 0.29) is 6.10 Å². The predicted octanol–water partition coefficient (Wildman–Crippen LogP) is 2.38. The van der Waals surface area contributed by atoms with Gasteiger partial charge in [-0.15, -0.1) is 0 Å². The van der Waals surface area contributed by atoms with Crippen LogP contribution >= 0.6 is 31.9 Å². The van der Waals surface area contributed by atoms with Gasteiger partial charge in [-0.05, 0) is 58.0 Å². The average molecular weight is 482 g/mol. The molecule has 25 heavy (non-hydrogen) atoms. The van der Waals surface area contributed by atoms with Gasteiger partial charge in [-0.1, -0.05) is 6.07 Å². The van der Waals surface area contributed by atoms with Crippen LogP contribution in [-0.2, 0) is 9.59 Å². The van der Waals surface area contributed by atoms with Crippen molar-refractivity contribution in [3.05, 3.63) is 27.1 Å². The summed E-state index contributed by atoms with van der Waals surface area (Å²) in [7, 11) is 2.18. The Kier molecular flexibility index (Phi) is 9.41. The molecule has 1 atom stereocenters. The minimum absolute atomic E-state index is 0.179. The average Bonchev–Trinajstić information content (AvgIpc) is 2.54. The molecule has 0 amide bonds. The first-order valence-corrected chi connectivity index (χ1v) is 9.27. The Bertz CT molecular complexity index is 560. The van der Waals surface area contributed by atoms with Crippen LogP contribution in [0.5, 0.6) is 5.75 Å². The number of carboxylic acids is 2. The Morgan fingerprint density at radius 3 is 2.04 bits per heavy atom. The fraction of sp³-hybridized carbons (Fsp3) is 0.500. The third-order valence-electron chi connectivity index (χ3n) is 3.53. The number of hydrogen-bond donors (Lipinski definition) is 2. The van der Waals surface area contributed by atoms with E-state index in [4.69, 9.17) is 24.5 Å². The fourth-order valence-electron chi connectivity index (χ4n) is 2.23. The van der Waals surface area contributed by atoms with E-state index in [1.165, 1.54) is 0 Å². The van der Waals surface area contributed by atoms with E-state index < -0.39 is 11.9 Å². The number of benzene rings is 1. The zero-order valence-corrected chi connectivity index (χ0v) is 17.3. The van der Waals surface area contributed by atoms with Gasteiger partial charge in [0.15, 0.2) is 0 Å². The van der Waals surface area contributed by atoms with Crippen LogP contribution in [0.2, 0.25) is 0 Å². The van der Waals surface area contributed by atoms with Crippen LogP contribution in [0.3, 0.4) is 0 Å². The molecule has 7 nitrogen and oxygen atoms in total. The monoisotopic (exact) mass is 480 g/mol. The molecule has 0 spiro atoms. The van der Waals surface area contributed by atoms with Crippen LogP contribution < -0.4 is 4.74 Å². The van der Waals surface area contributed by atoms with Gasteiger partial charge in [0.2, 0.25) is 0 Å². The molecule has 0 aliphatic carbocycles. The van der Waals surface area contributed by atoms with Crippen molar-refractivity contribution in [1.29, 1.82) is 0 Å². The molecule has 1 aliphatic rings. The first-order valence-electron chi connectivity index (χ1n) is 7.68.